The second-order valence-corrected chi connectivity index (χ2v) is 7.89. The molecule has 0 aliphatic rings. The Bertz CT molecular complexity index is 1490. The summed E-state index contributed by atoms with van der Waals surface area (Å²) in [6, 6.07) is 14.3. The van der Waals surface area contributed by atoms with Gasteiger partial charge >= 0.3 is 0 Å². The molecule has 2 aromatic heterocycles. The molecule has 7 nitrogen and oxygen atoms in total. The Morgan fingerprint density at radius 3 is 2.33 bits per heavy atom. The fraction of sp³-hybridized carbons (Fsp3) is 0.120. The average molecular weight is 462 g/mol. The molecule has 2 N–H and O–H groups in total. The zero-order chi connectivity index (χ0) is 23.1. The summed E-state index contributed by atoms with van der Waals surface area (Å²) in [5.41, 5.74) is 4.36. The Morgan fingerprint density at radius 2 is 1.64 bits per heavy atom. The molecule has 0 amide bonds. The smallest absolute Gasteiger partial charge is 0.203 e. The van der Waals surface area contributed by atoms with Gasteiger partial charge in [0.25, 0.3) is 0 Å². The first-order valence-corrected chi connectivity index (χ1v) is 10.5. The second kappa shape index (κ2) is 8.18. The quantitative estimate of drug-likeness (QED) is 0.320. The summed E-state index contributed by atoms with van der Waals surface area (Å²) in [6.45, 7) is 0. The molecule has 5 rings (SSSR count). The molecule has 33 heavy (non-hydrogen) atoms. The SMILES string of the molecule is COc1cc(C(=O)c2ccc3[nH]cc(-c4nc5ccc(Cl)cc5[nH]4)c3c2)cc(OC)c1OC. The van der Waals surface area contributed by atoms with E-state index in [1.165, 1.54) is 21.3 Å². The molecule has 8 heteroatoms. The van der Waals surface area contributed by atoms with E-state index < -0.39 is 0 Å². The van der Waals surface area contributed by atoms with Crippen LogP contribution in [0.2, 0.25) is 5.02 Å². The third-order valence-electron chi connectivity index (χ3n) is 5.57. The van der Waals surface area contributed by atoms with Crippen LogP contribution in [0.3, 0.4) is 0 Å². The highest BCUT2D eigenvalue weighted by molar-refractivity contribution is 6.31. The number of benzene rings is 3. The molecular weight excluding hydrogens is 442 g/mol. The fourth-order valence-corrected chi connectivity index (χ4v) is 4.12. The van der Waals surface area contributed by atoms with Crippen molar-refractivity contribution in [3.8, 4) is 28.6 Å². The van der Waals surface area contributed by atoms with Gasteiger partial charge in [-0.1, -0.05) is 11.6 Å². The zero-order valence-electron chi connectivity index (χ0n) is 18.2. The van der Waals surface area contributed by atoms with Crippen molar-refractivity contribution in [2.75, 3.05) is 21.3 Å². The maximum absolute atomic E-state index is 13.4. The lowest BCUT2D eigenvalue weighted by Crippen LogP contribution is -2.04. The summed E-state index contributed by atoms with van der Waals surface area (Å²) < 4.78 is 16.1. The van der Waals surface area contributed by atoms with E-state index in [0.717, 1.165) is 27.5 Å². The predicted molar refractivity (Wildman–Crippen MR) is 128 cm³/mol. The van der Waals surface area contributed by atoms with E-state index >= 15 is 0 Å². The molecule has 3 aromatic carbocycles. The van der Waals surface area contributed by atoms with Gasteiger partial charge in [-0.25, -0.2) is 4.98 Å². The minimum atomic E-state index is -0.167. The number of hydrogen-bond acceptors (Lipinski definition) is 5. The highest BCUT2D eigenvalue weighted by Crippen LogP contribution is 2.39. The monoisotopic (exact) mass is 461 g/mol. The number of aromatic nitrogens is 3. The zero-order valence-corrected chi connectivity index (χ0v) is 18.9. The number of nitrogens with zero attached hydrogens (tertiary/aromatic N) is 1. The number of aromatic amines is 2. The molecule has 0 saturated carbocycles. The fourth-order valence-electron chi connectivity index (χ4n) is 3.95. The lowest BCUT2D eigenvalue weighted by atomic mass is 10.00. The van der Waals surface area contributed by atoms with Crippen LogP contribution in [-0.2, 0) is 0 Å². The van der Waals surface area contributed by atoms with Crippen molar-refractivity contribution >= 4 is 39.3 Å². The molecular formula is C25H20ClN3O4. The third kappa shape index (κ3) is 3.56. The number of methoxy groups -OCH3 is 3. The van der Waals surface area contributed by atoms with Crippen LogP contribution in [0.25, 0.3) is 33.3 Å². The number of rotatable bonds is 6. The van der Waals surface area contributed by atoms with Gasteiger partial charge in [0.05, 0.1) is 32.4 Å². The van der Waals surface area contributed by atoms with Crippen LogP contribution in [0.4, 0.5) is 0 Å². The molecule has 0 bridgehead atoms. The van der Waals surface area contributed by atoms with Gasteiger partial charge in [0.15, 0.2) is 17.3 Å². The first-order valence-electron chi connectivity index (χ1n) is 10.1. The van der Waals surface area contributed by atoms with Crippen LogP contribution >= 0.6 is 11.6 Å². The van der Waals surface area contributed by atoms with Crippen LogP contribution in [-0.4, -0.2) is 42.1 Å². The number of fused-ring (bicyclic) bond motifs is 2. The standard InChI is InChI=1S/C25H20ClN3O4/c1-31-21-9-14(10-22(32-2)24(21)33-3)23(30)13-4-6-18-16(8-13)17(12-27-18)25-28-19-7-5-15(26)11-20(19)29-25/h4-12,27H,1-3H3,(H,28,29). The number of H-pyrrole nitrogens is 2. The minimum absolute atomic E-state index is 0.167. The van der Waals surface area contributed by atoms with Crippen molar-refractivity contribution in [3.05, 3.63) is 70.9 Å². The molecule has 0 atom stereocenters. The Labute approximate surface area is 194 Å². The minimum Gasteiger partial charge on any atom is -0.493 e. The van der Waals surface area contributed by atoms with Crippen LogP contribution < -0.4 is 14.2 Å². The van der Waals surface area contributed by atoms with E-state index in [0.29, 0.717) is 39.2 Å². The summed E-state index contributed by atoms with van der Waals surface area (Å²) in [4.78, 5) is 24.6. The van der Waals surface area contributed by atoms with Crippen LogP contribution in [0.5, 0.6) is 17.2 Å². The van der Waals surface area contributed by atoms with Gasteiger partial charge in [0, 0.05) is 38.8 Å². The van der Waals surface area contributed by atoms with Gasteiger partial charge in [-0.2, -0.15) is 0 Å². The van der Waals surface area contributed by atoms with E-state index in [9.17, 15) is 4.79 Å². The molecule has 0 aliphatic heterocycles. The number of carbonyl (C=O) groups is 1. The lowest BCUT2D eigenvalue weighted by molar-refractivity contribution is 0.103. The largest absolute Gasteiger partial charge is 0.493 e. The highest BCUT2D eigenvalue weighted by atomic mass is 35.5. The van der Waals surface area contributed by atoms with Gasteiger partial charge in [0.1, 0.15) is 5.82 Å². The number of hydrogen-bond donors (Lipinski definition) is 2. The Balaban J connectivity index is 1.59. The maximum atomic E-state index is 13.4. The molecule has 0 aliphatic carbocycles. The molecule has 0 fully saturated rings. The second-order valence-electron chi connectivity index (χ2n) is 7.45. The van der Waals surface area contributed by atoms with Crippen molar-refractivity contribution < 1.29 is 19.0 Å². The molecule has 2 heterocycles. The number of ketones is 1. The van der Waals surface area contributed by atoms with Gasteiger partial charge in [-0.05, 0) is 48.5 Å². The van der Waals surface area contributed by atoms with E-state index in [4.69, 9.17) is 25.8 Å². The summed E-state index contributed by atoms with van der Waals surface area (Å²) in [5.74, 6) is 1.80. The molecule has 0 spiro atoms. The highest BCUT2D eigenvalue weighted by Gasteiger charge is 2.19. The van der Waals surface area contributed by atoms with E-state index in [1.54, 1.807) is 24.3 Å². The summed E-state index contributed by atoms with van der Waals surface area (Å²) in [6.07, 6.45) is 1.87. The number of halogens is 1. The van der Waals surface area contributed by atoms with Crippen molar-refractivity contribution in [1.82, 2.24) is 15.0 Å². The van der Waals surface area contributed by atoms with Crippen LogP contribution in [0.15, 0.2) is 54.7 Å². The van der Waals surface area contributed by atoms with Gasteiger partial charge in [0.2, 0.25) is 5.75 Å². The van der Waals surface area contributed by atoms with Gasteiger partial charge in [-0.3, -0.25) is 4.79 Å². The number of nitrogens with one attached hydrogen (secondary N) is 2. The normalized spacial score (nSPS) is 11.2. The van der Waals surface area contributed by atoms with Crippen LogP contribution in [0.1, 0.15) is 15.9 Å². The first-order chi connectivity index (χ1) is 16.0. The number of carbonyl (C=O) groups excluding carboxylic acids is 1. The lowest BCUT2D eigenvalue weighted by Gasteiger charge is -2.13. The van der Waals surface area contributed by atoms with Crippen molar-refractivity contribution in [1.29, 1.82) is 0 Å². The molecule has 5 aromatic rings. The Hall–Kier alpha value is -3.97. The van der Waals surface area contributed by atoms with E-state index in [1.807, 2.05) is 30.5 Å². The summed E-state index contributed by atoms with van der Waals surface area (Å²) >= 11 is 6.11. The third-order valence-corrected chi connectivity index (χ3v) is 5.80. The van der Waals surface area contributed by atoms with Crippen molar-refractivity contribution in [3.63, 3.8) is 0 Å². The van der Waals surface area contributed by atoms with Gasteiger partial charge < -0.3 is 24.2 Å². The van der Waals surface area contributed by atoms with E-state index in [2.05, 4.69) is 15.0 Å². The number of ether oxygens (including phenoxy) is 3. The first kappa shape index (κ1) is 20.9. The molecule has 0 radical (unpaired) electrons. The predicted octanol–water partition coefficient (Wildman–Crippen LogP) is 5.62. The Morgan fingerprint density at radius 1 is 0.879 bits per heavy atom. The van der Waals surface area contributed by atoms with Crippen molar-refractivity contribution in [2.24, 2.45) is 0 Å². The molecule has 0 unspecified atom stereocenters. The van der Waals surface area contributed by atoms with Crippen LogP contribution in [0, 0.1) is 0 Å². The molecule has 166 valence electrons. The maximum Gasteiger partial charge on any atom is 0.203 e. The summed E-state index contributed by atoms with van der Waals surface area (Å²) in [7, 11) is 4.56. The van der Waals surface area contributed by atoms with E-state index in [-0.39, 0.29) is 5.78 Å². The topological polar surface area (TPSA) is 89.2 Å². The van der Waals surface area contributed by atoms with Gasteiger partial charge in [-0.15, -0.1) is 0 Å². The summed E-state index contributed by atoms with van der Waals surface area (Å²) in [5, 5.41) is 1.51. The van der Waals surface area contributed by atoms with Crippen molar-refractivity contribution in [2.45, 2.75) is 0 Å². The Kier molecular flexibility index (Phi) is 5.18. The number of imidazole rings is 1. The molecule has 0 saturated heterocycles. The average Bonchev–Trinajstić information content (AvgIpc) is 3.45.